The van der Waals surface area contributed by atoms with Crippen LogP contribution in [0.15, 0.2) is 55.0 Å². The van der Waals surface area contributed by atoms with Crippen LogP contribution in [0.1, 0.15) is 11.8 Å². The van der Waals surface area contributed by atoms with E-state index in [4.69, 9.17) is 0 Å². The van der Waals surface area contributed by atoms with Crippen LogP contribution in [0.4, 0.5) is 0 Å². The van der Waals surface area contributed by atoms with E-state index in [1.807, 2.05) is 47.5 Å². The molecule has 0 bridgehead atoms. The molecule has 0 fully saturated rings. The summed E-state index contributed by atoms with van der Waals surface area (Å²) in [6.45, 7) is 3.88. The minimum Gasteiger partial charge on any atom is -0.307 e. The van der Waals surface area contributed by atoms with Crippen molar-refractivity contribution in [1.29, 1.82) is 0 Å². The van der Waals surface area contributed by atoms with Crippen LogP contribution in [-0.2, 0) is 13.1 Å². The third-order valence-corrected chi connectivity index (χ3v) is 4.27. The predicted molar refractivity (Wildman–Crippen MR) is 86.1 cm³/mol. The van der Waals surface area contributed by atoms with Crippen molar-refractivity contribution in [3.05, 3.63) is 59.9 Å². The zero-order chi connectivity index (χ0) is 14.5. The molecule has 1 N–H and O–H groups in total. The fourth-order valence-corrected chi connectivity index (χ4v) is 3.00. The first-order chi connectivity index (χ1) is 10.3. The Morgan fingerprint density at radius 1 is 1.24 bits per heavy atom. The summed E-state index contributed by atoms with van der Waals surface area (Å²) < 4.78 is 1.94. The van der Waals surface area contributed by atoms with E-state index in [1.54, 1.807) is 11.3 Å². The number of hydrogen-bond donors (Lipinski definition) is 1. The Bertz CT molecular complexity index is 661. The number of rotatable bonds is 6. The van der Waals surface area contributed by atoms with Crippen LogP contribution in [0.5, 0.6) is 0 Å². The summed E-state index contributed by atoms with van der Waals surface area (Å²) in [6.07, 6.45) is 5.75. The first-order valence-electron chi connectivity index (χ1n) is 7.02. The highest BCUT2D eigenvalue weighted by Gasteiger charge is 2.07. The SMILES string of the molecule is C[C@H](Cn1cccn1)NCc1cnc(-c2ccccc2)s1. The summed E-state index contributed by atoms with van der Waals surface area (Å²) in [4.78, 5) is 5.75. The first kappa shape index (κ1) is 14.0. The maximum atomic E-state index is 4.50. The molecule has 0 saturated carbocycles. The number of thiazole rings is 1. The van der Waals surface area contributed by atoms with Crippen molar-refractivity contribution in [3.63, 3.8) is 0 Å². The largest absolute Gasteiger partial charge is 0.307 e. The Kier molecular flexibility index (Phi) is 4.43. The molecule has 0 aliphatic heterocycles. The normalized spacial score (nSPS) is 12.4. The molecule has 5 heteroatoms. The quantitative estimate of drug-likeness (QED) is 0.760. The van der Waals surface area contributed by atoms with Gasteiger partial charge in [0.25, 0.3) is 0 Å². The maximum Gasteiger partial charge on any atom is 0.123 e. The average molecular weight is 298 g/mol. The molecule has 0 amide bonds. The Labute approximate surface area is 128 Å². The average Bonchev–Trinajstić information content (AvgIpc) is 3.17. The Hall–Kier alpha value is -1.98. The summed E-state index contributed by atoms with van der Waals surface area (Å²) >= 11 is 1.74. The van der Waals surface area contributed by atoms with E-state index in [0.717, 1.165) is 18.1 Å². The molecule has 1 aromatic carbocycles. The van der Waals surface area contributed by atoms with Gasteiger partial charge in [-0.2, -0.15) is 5.10 Å². The molecular weight excluding hydrogens is 280 g/mol. The number of hydrogen-bond acceptors (Lipinski definition) is 4. The van der Waals surface area contributed by atoms with Gasteiger partial charge in [-0.15, -0.1) is 11.3 Å². The maximum absolute atomic E-state index is 4.50. The number of aromatic nitrogens is 3. The van der Waals surface area contributed by atoms with Crippen LogP contribution >= 0.6 is 11.3 Å². The fourth-order valence-electron chi connectivity index (χ4n) is 2.13. The summed E-state index contributed by atoms with van der Waals surface area (Å²) in [5.41, 5.74) is 1.18. The van der Waals surface area contributed by atoms with Crippen molar-refractivity contribution in [2.45, 2.75) is 26.1 Å². The molecule has 4 nitrogen and oxygen atoms in total. The van der Waals surface area contributed by atoms with Crippen molar-refractivity contribution < 1.29 is 0 Å². The first-order valence-corrected chi connectivity index (χ1v) is 7.84. The predicted octanol–water partition coefficient (Wildman–Crippen LogP) is 3.18. The second kappa shape index (κ2) is 6.65. The van der Waals surface area contributed by atoms with Crippen molar-refractivity contribution in [2.24, 2.45) is 0 Å². The van der Waals surface area contributed by atoms with E-state index in [9.17, 15) is 0 Å². The molecule has 0 aliphatic carbocycles. The number of benzene rings is 1. The van der Waals surface area contributed by atoms with Crippen molar-refractivity contribution >= 4 is 11.3 Å². The summed E-state index contributed by atoms with van der Waals surface area (Å²) in [7, 11) is 0. The van der Waals surface area contributed by atoms with E-state index < -0.39 is 0 Å². The molecule has 0 unspecified atom stereocenters. The van der Waals surface area contributed by atoms with E-state index in [-0.39, 0.29) is 0 Å². The van der Waals surface area contributed by atoms with Gasteiger partial charge >= 0.3 is 0 Å². The van der Waals surface area contributed by atoms with Gasteiger partial charge < -0.3 is 5.32 Å². The summed E-state index contributed by atoms with van der Waals surface area (Å²) in [5, 5.41) is 8.81. The lowest BCUT2D eigenvalue weighted by Crippen LogP contribution is -2.29. The highest BCUT2D eigenvalue weighted by molar-refractivity contribution is 7.15. The molecule has 0 saturated heterocycles. The van der Waals surface area contributed by atoms with Gasteiger partial charge in [-0.25, -0.2) is 4.98 Å². The second-order valence-corrected chi connectivity index (χ2v) is 6.12. The molecule has 3 aromatic rings. The molecule has 0 spiro atoms. The van der Waals surface area contributed by atoms with Crippen LogP contribution < -0.4 is 5.32 Å². The van der Waals surface area contributed by atoms with Crippen molar-refractivity contribution in [2.75, 3.05) is 0 Å². The molecular formula is C16H18N4S. The molecule has 108 valence electrons. The van der Waals surface area contributed by atoms with Gasteiger partial charge in [-0.1, -0.05) is 30.3 Å². The van der Waals surface area contributed by atoms with Gasteiger partial charge in [-0.05, 0) is 13.0 Å². The van der Waals surface area contributed by atoms with E-state index >= 15 is 0 Å². The fraction of sp³-hybridized carbons (Fsp3) is 0.250. The lowest BCUT2D eigenvalue weighted by atomic mass is 10.2. The highest BCUT2D eigenvalue weighted by atomic mass is 32.1. The Balaban J connectivity index is 1.55. The Morgan fingerprint density at radius 2 is 2.10 bits per heavy atom. The molecule has 1 atom stereocenters. The van der Waals surface area contributed by atoms with Crippen molar-refractivity contribution in [1.82, 2.24) is 20.1 Å². The summed E-state index contributed by atoms with van der Waals surface area (Å²) in [6, 6.07) is 12.6. The van der Waals surface area contributed by atoms with Crippen LogP contribution in [0.25, 0.3) is 10.6 Å². The van der Waals surface area contributed by atoms with E-state index in [1.165, 1.54) is 10.4 Å². The molecule has 21 heavy (non-hydrogen) atoms. The third kappa shape index (κ3) is 3.77. The molecule has 2 heterocycles. The van der Waals surface area contributed by atoms with Crippen LogP contribution in [0.2, 0.25) is 0 Å². The van der Waals surface area contributed by atoms with E-state index in [2.05, 4.69) is 34.5 Å². The topological polar surface area (TPSA) is 42.7 Å². The third-order valence-electron chi connectivity index (χ3n) is 3.22. The van der Waals surface area contributed by atoms with Gasteiger partial charge in [-0.3, -0.25) is 4.68 Å². The monoisotopic (exact) mass is 298 g/mol. The minimum atomic E-state index is 0.368. The van der Waals surface area contributed by atoms with Crippen LogP contribution in [-0.4, -0.2) is 20.8 Å². The minimum absolute atomic E-state index is 0.368. The van der Waals surface area contributed by atoms with Crippen LogP contribution in [0.3, 0.4) is 0 Å². The van der Waals surface area contributed by atoms with Gasteiger partial charge in [0.15, 0.2) is 0 Å². The standard InChI is InChI=1S/C16H18N4S/c1-13(12-20-9-5-8-19-20)17-10-15-11-18-16(21-15)14-6-3-2-4-7-14/h2-9,11,13,17H,10,12H2,1H3/t13-/m1/s1. The Morgan fingerprint density at radius 3 is 2.86 bits per heavy atom. The van der Waals surface area contributed by atoms with Gasteiger partial charge in [0, 0.05) is 41.6 Å². The molecule has 2 aromatic heterocycles. The molecule has 0 aliphatic rings. The van der Waals surface area contributed by atoms with Crippen molar-refractivity contribution in [3.8, 4) is 10.6 Å². The molecule has 3 rings (SSSR count). The van der Waals surface area contributed by atoms with Crippen LogP contribution in [0, 0.1) is 0 Å². The van der Waals surface area contributed by atoms with Gasteiger partial charge in [0.05, 0.1) is 6.54 Å². The number of nitrogens with one attached hydrogen (secondary N) is 1. The highest BCUT2D eigenvalue weighted by Crippen LogP contribution is 2.24. The zero-order valence-electron chi connectivity index (χ0n) is 11.9. The summed E-state index contributed by atoms with van der Waals surface area (Å²) in [5.74, 6) is 0. The smallest absolute Gasteiger partial charge is 0.123 e. The van der Waals surface area contributed by atoms with Gasteiger partial charge in [0.1, 0.15) is 5.01 Å². The number of nitrogens with zero attached hydrogens (tertiary/aromatic N) is 3. The lowest BCUT2D eigenvalue weighted by Gasteiger charge is -2.12. The lowest BCUT2D eigenvalue weighted by molar-refractivity contribution is 0.452. The second-order valence-electron chi connectivity index (χ2n) is 5.01. The van der Waals surface area contributed by atoms with E-state index in [0.29, 0.717) is 6.04 Å². The molecule has 0 radical (unpaired) electrons. The zero-order valence-corrected chi connectivity index (χ0v) is 12.8. The van der Waals surface area contributed by atoms with Gasteiger partial charge in [0.2, 0.25) is 0 Å².